The summed E-state index contributed by atoms with van der Waals surface area (Å²) < 4.78 is 1.08. The maximum atomic E-state index is 4.40. The van der Waals surface area contributed by atoms with Crippen molar-refractivity contribution in [2.45, 2.75) is 6.92 Å². The molecule has 4 nitrogen and oxygen atoms in total. The summed E-state index contributed by atoms with van der Waals surface area (Å²) in [6, 6.07) is 14.4. The topological polar surface area (TPSA) is 49.8 Å². The van der Waals surface area contributed by atoms with Crippen LogP contribution >= 0.6 is 15.9 Å². The van der Waals surface area contributed by atoms with E-state index in [1.807, 2.05) is 32.2 Å². The summed E-state index contributed by atoms with van der Waals surface area (Å²) in [6.45, 7) is 1.88. The van der Waals surface area contributed by atoms with Crippen molar-refractivity contribution in [3.05, 3.63) is 52.8 Å². The van der Waals surface area contributed by atoms with Gasteiger partial charge >= 0.3 is 0 Å². The Hall–Kier alpha value is -2.14. The third-order valence-electron chi connectivity index (χ3n) is 3.17. The molecule has 3 rings (SSSR count). The summed E-state index contributed by atoms with van der Waals surface area (Å²) >= 11 is 3.49. The van der Waals surface area contributed by atoms with E-state index in [2.05, 4.69) is 60.8 Å². The number of halogens is 1. The molecule has 5 heteroatoms. The Morgan fingerprint density at radius 3 is 2.43 bits per heavy atom. The molecule has 0 aliphatic rings. The van der Waals surface area contributed by atoms with Crippen molar-refractivity contribution >= 4 is 44.0 Å². The van der Waals surface area contributed by atoms with Crippen molar-refractivity contribution in [3.8, 4) is 0 Å². The Balaban J connectivity index is 1.94. The molecule has 0 saturated carbocycles. The first-order valence-corrected chi connectivity index (χ1v) is 7.43. The van der Waals surface area contributed by atoms with Crippen molar-refractivity contribution in [2.75, 3.05) is 17.7 Å². The van der Waals surface area contributed by atoms with Crippen LogP contribution in [0.4, 0.5) is 17.3 Å². The van der Waals surface area contributed by atoms with E-state index in [1.165, 1.54) is 10.8 Å². The number of aromatic nitrogens is 2. The van der Waals surface area contributed by atoms with Gasteiger partial charge < -0.3 is 10.6 Å². The number of nitrogens with one attached hydrogen (secondary N) is 2. The van der Waals surface area contributed by atoms with Crippen molar-refractivity contribution in [1.82, 2.24) is 9.97 Å². The van der Waals surface area contributed by atoms with E-state index in [0.717, 1.165) is 27.6 Å². The predicted octanol–water partition coefficient (Wildman–Crippen LogP) is 4.49. The van der Waals surface area contributed by atoms with Gasteiger partial charge in [-0.15, -0.1) is 0 Å². The lowest BCUT2D eigenvalue weighted by molar-refractivity contribution is 1.06. The molecule has 0 amide bonds. The van der Waals surface area contributed by atoms with E-state index in [9.17, 15) is 0 Å². The van der Waals surface area contributed by atoms with E-state index >= 15 is 0 Å². The molecule has 21 heavy (non-hydrogen) atoms. The zero-order valence-corrected chi connectivity index (χ0v) is 13.4. The van der Waals surface area contributed by atoms with Gasteiger partial charge in [0.1, 0.15) is 17.5 Å². The van der Waals surface area contributed by atoms with Gasteiger partial charge in [0.2, 0.25) is 0 Å². The highest BCUT2D eigenvalue weighted by atomic mass is 79.9. The summed E-state index contributed by atoms with van der Waals surface area (Å²) in [5.41, 5.74) is 1.00. The molecule has 1 aromatic heterocycles. The standard InChI is InChI=1S/C16H15BrN4/c1-10-19-15(18-2)9-16(20-10)21-14-6-4-11-7-13(17)5-3-12(11)8-14/h3-9H,1-2H3,(H2,18,19,20,21). The second-order valence-corrected chi connectivity index (χ2v) is 5.68. The van der Waals surface area contributed by atoms with Crippen LogP contribution in [-0.4, -0.2) is 17.0 Å². The number of hydrogen-bond donors (Lipinski definition) is 2. The normalized spacial score (nSPS) is 10.6. The van der Waals surface area contributed by atoms with Crippen molar-refractivity contribution < 1.29 is 0 Å². The van der Waals surface area contributed by atoms with Gasteiger partial charge in [-0.3, -0.25) is 0 Å². The monoisotopic (exact) mass is 342 g/mol. The van der Waals surface area contributed by atoms with E-state index in [1.54, 1.807) is 0 Å². The molecule has 0 aliphatic carbocycles. The van der Waals surface area contributed by atoms with Crippen LogP contribution in [0.25, 0.3) is 10.8 Å². The first-order chi connectivity index (χ1) is 10.1. The minimum absolute atomic E-state index is 0.731. The highest BCUT2D eigenvalue weighted by molar-refractivity contribution is 9.10. The van der Waals surface area contributed by atoms with Crippen LogP contribution in [0.3, 0.4) is 0 Å². The van der Waals surface area contributed by atoms with Crippen LogP contribution in [0.5, 0.6) is 0 Å². The van der Waals surface area contributed by atoms with Crippen LogP contribution in [0.1, 0.15) is 5.82 Å². The summed E-state index contributed by atoms with van der Waals surface area (Å²) in [4.78, 5) is 8.69. The van der Waals surface area contributed by atoms with Gasteiger partial charge in [-0.25, -0.2) is 9.97 Å². The molecule has 0 saturated heterocycles. The van der Waals surface area contributed by atoms with Crippen molar-refractivity contribution in [2.24, 2.45) is 0 Å². The van der Waals surface area contributed by atoms with Gasteiger partial charge in [0.25, 0.3) is 0 Å². The number of aryl methyl sites for hydroxylation is 1. The second-order valence-electron chi connectivity index (χ2n) is 4.77. The maximum Gasteiger partial charge on any atom is 0.136 e. The number of rotatable bonds is 3. The fourth-order valence-corrected chi connectivity index (χ4v) is 2.58. The van der Waals surface area contributed by atoms with Crippen LogP contribution in [0.2, 0.25) is 0 Å². The van der Waals surface area contributed by atoms with E-state index in [-0.39, 0.29) is 0 Å². The first kappa shape index (κ1) is 13.8. The zero-order valence-electron chi connectivity index (χ0n) is 11.8. The Morgan fingerprint density at radius 2 is 1.62 bits per heavy atom. The lowest BCUT2D eigenvalue weighted by atomic mass is 10.1. The van der Waals surface area contributed by atoms with Crippen LogP contribution in [0, 0.1) is 6.92 Å². The Labute approximate surface area is 131 Å². The Kier molecular flexibility index (Phi) is 3.75. The quantitative estimate of drug-likeness (QED) is 0.736. The molecule has 3 aromatic rings. The summed E-state index contributed by atoms with van der Waals surface area (Å²) in [5.74, 6) is 2.31. The number of fused-ring (bicyclic) bond motifs is 1. The Bertz CT molecular complexity index is 801. The molecule has 2 N–H and O–H groups in total. The van der Waals surface area contributed by atoms with Gasteiger partial charge in [-0.05, 0) is 42.0 Å². The molecule has 0 unspecified atom stereocenters. The lowest BCUT2D eigenvalue weighted by Crippen LogP contribution is -2.01. The molecule has 0 bridgehead atoms. The summed E-state index contributed by atoms with van der Waals surface area (Å²) in [6.07, 6.45) is 0. The summed E-state index contributed by atoms with van der Waals surface area (Å²) in [5, 5.41) is 8.74. The molecule has 1 heterocycles. The highest BCUT2D eigenvalue weighted by Crippen LogP contribution is 2.25. The highest BCUT2D eigenvalue weighted by Gasteiger charge is 2.02. The van der Waals surface area contributed by atoms with Crippen molar-refractivity contribution in [1.29, 1.82) is 0 Å². The van der Waals surface area contributed by atoms with E-state index < -0.39 is 0 Å². The molecule has 2 aromatic carbocycles. The molecule has 106 valence electrons. The van der Waals surface area contributed by atoms with Gasteiger partial charge in [-0.1, -0.05) is 28.1 Å². The molecule has 0 radical (unpaired) electrons. The van der Waals surface area contributed by atoms with Crippen molar-refractivity contribution in [3.63, 3.8) is 0 Å². The Morgan fingerprint density at radius 1 is 0.905 bits per heavy atom. The lowest BCUT2D eigenvalue weighted by Gasteiger charge is -2.09. The molecule has 0 fully saturated rings. The SMILES string of the molecule is CNc1cc(Nc2ccc3cc(Br)ccc3c2)nc(C)n1. The van der Waals surface area contributed by atoms with Gasteiger partial charge in [0.05, 0.1) is 0 Å². The van der Waals surface area contributed by atoms with Crippen LogP contribution < -0.4 is 10.6 Å². The fourth-order valence-electron chi connectivity index (χ4n) is 2.20. The number of benzene rings is 2. The third kappa shape index (κ3) is 3.13. The predicted molar refractivity (Wildman–Crippen MR) is 91.2 cm³/mol. The maximum absolute atomic E-state index is 4.40. The van der Waals surface area contributed by atoms with Crippen LogP contribution in [-0.2, 0) is 0 Å². The molecule has 0 spiro atoms. The number of nitrogens with zero attached hydrogens (tertiary/aromatic N) is 2. The molecular weight excluding hydrogens is 328 g/mol. The first-order valence-electron chi connectivity index (χ1n) is 6.64. The smallest absolute Gasteiger partial charge is 0.136 e. The largest absolute Gasteiger partial charge is 0.373 e. The summed E-state index contributed by atoms with van der Waals surface area (Å²) in [7, 11) is 1.85. The number of hydrogen-bond acceptors (Lipinski definition) is 4. The van der Waals surface area contributed by atoms with Gasteiger partial charge in [0.15, 0.2) is 0 Å². The average Bonchev–Trinajstić information content (AvgIpc) is 2.47. The minimum Gasteiger partial charge on any atom is -0.373 e. The minimum atomic E-state index is 0.731. The molecular formula is C16H15BrN4. The average molecular weight is 343 g/mol. The number of anilines is 3. The second kappa shape index (κ2) is 5.69. The van der Waals surface area contributed by atoms with E-state index in [0.29, 0.717) is 0 Å². The van der Waals surface area contributed by atoms with Gasteiger partial charge in [0, 0.05) is 23.3 Å². The molecule has 0 aliphatic heterocycles. The van der Waals surface area contributed by atoms with Crippen LogP contribution in [0.15, 0.2) is 46.9 Å². The fraction of sp³-hybridized carbons (Fsp3) is 0.125. The van der Waals surface area contributed by atoms with Gasteiger partial charge in [-0.2, -0.15) is 0 Å². The third-order valence-corrected chi connectivity index (χ3v) is 3.66. The molecule has 0 atom stereocenters. The zero-order chi connectivity index (χ0) is 14.8. The van der Waals surface area contributed by atoms with E-state index in [4.69, 9.17) is 0 Å².